The van der Waals surface area contributed by atoms with E-state index in [0.29, 0.717) is 44.6 Å². The Bertz CT molecular complexity index is 1790. The van der Waals surface area contributed by atoms with Crippen molar-refractivity contribution in [1.29, 1.82) is 5.26 Å². The molecule has 12 nitrogen and oxygen atoms in total. The summed E-state index contributed by atoms with van der Waals surface area (Å²) in [5.74, 6) is 0.623. The van der Waals surface area contributed by atoms with Crippen LogP contribution in [0.15, 0.2) is 62.7 Å². The Morgan fingerprint density at radius 1 is 1.09 bits per heavy atom. The molecule has 2 aromatic carbocycles. The largest absolute Gasteiger partial charge is 0.461 e. The molecule has 0 saturated carbocycles. The van der Waals surface area contributed by atoms with Gasteiger partial charge in [-0.2, -0.15) is 5.26 Å². The van der Waals surface area contributed by atoms with E-state index in [2.05, 4.69) is 20.6 Å². The van der Waals surface area contributed by atoms with Crippen LogP contribution in [0.2, 0.25) is 0 Å². The lowest BCUT2D eigenvalue weighted by Crippen LogP contribution is -2.48. The second-order valence-electron chi connectivity index (χ2n) is 11.1. The monoisotopic (exact) mass is 582 g/mol. The number of nitrogens with zero attached hydrogens (tertiary/aromatic N) is 5. The number of furan rings is 1. The SMILES string of the molecule is Cc1cc2cc(NC(=NC3CCCCN(CC(=O)N4CCC(n5c(=O)[nH]c6ccccc65)CC4)C3=O)NC#N)ccc2o1. The molecular formula is C31H34N8O4. The van der Waals surface area contributed by atoms with Crippen molar-refractivity contribution in [3.05, 3.63) is 64.8 Å². The van der Waals surface area contributed by atoms with E-state index < -0.39 is 6.04 Å². The number of H-pyrrole nitrogens is 1. The van der Waals surface area contributed by atoms with Crippen molar-refractivity contribution in [1.82, 2.24) is 24.7 Å². The summed E-state index contributed by atoms with van der Waals surface area (Å²) < 4.78 is 7.43. The molecule has 2 aliphatic heterocycles. The van der Waals surface area contributed by atoms with Gasteiger partial charge in [-0.15, -0.1) is 0 Å². The average molecular weight is 583 g/mol. The molecule has 222 valence electrons. The van der Waals surface area contributed by atoms with E-state index >= 15 is 0 Å². The zero-order valence-electron chi connectivity index (χ0n) is 24.0. The van der Waals surface area contributed by atoms with Gasteiger partial charge >= 0.3 is 5.69 Å². The molecule has 2 fully saturated rings. The quantitative estimate of drug-likeness (QED) is 0.141. The summed E-state index contributed by atoms with van der Waals surface area (Å²) >= 11 is 0. The van der Waals surface area contributed by atoms with E-state index in [0.717, 1.165) is 40.6 Å². The highest BCUT2D eigenvalue weighted by molar-refractivity contribution is 5.98. The number of likely N-dealkylation sites (tertiary alicyclic amines) is 2. The van der Waals surface area contributed by atoms with Gasteiger partial charge in [-0.1, -0.05) is 12.1 Å². The van der Waals surface area contributed by atoms with Crippen LogP contribution in [0.3, 0.4) is 0 Å². The molecule has 0 aliphatic carbocycles. The fraction of sp³-hybridized carbons (Fsp3) is 0.387. The molecule has 4 aromatic rings. The number of piperidine rings is 1. The Morgan fingerprint density at radius 2 is 1.91 bits per heavy atom. The maximum Gasteiger partial charge on any atom is 0.326 e. The van der Waals surface area contributed by atoms with Gasteiger partial charge in [0.1, 0.15) is 17.4 Å². The van der Waals surface area contributed by atoms with E-state index in [-0.39, 0.29) is 36.1 Å². The maximum absolute atomic E-state index is 13.6. The van der Waals surface area contributed by atoms with Crippen LogP contribution < -0.4 is 16.3 Å². The lowest BCUT2D eigenvalue weighted by atomic mass is 10.0. The predicted octanol–water partition coefficient (Wildman–Crippen LogP) is 3.47. The first-order valence-electron chi connectivity index (χ1n) is 14.7. The number of guanidine groups is 1. The topological polar surface area (TPSA) is 152 Å². The van der Waals surface area contributed by atoms with Gasteiger partial charge in [0, 0.05) is 36.7 Å². The second-order valence-corrected chi connectivity index (χ2v) is 11.1. The standard InChI is InChI=1S/C31H34N8O4/c1-20-16-21-17-22(9-10-27(21)43-20)34-30(33-19-32)35-25-7-4-5-13-38(29(25)41)18-28(40)37-14-11-23(12-15-37)39-26-8-3-2-6-24(26)36-31(39)42/h2-3,6,8-10,16-17,23,25H,4-5,7,11-15,18H2,1H3,(H,36,42)(H2,33,34,35). The Hall–Kier alpha value is -5.05. The van der Waals surface area contributed by atoms with Gasteiger partial charge in [0.2, 0.25) is 17.8 Å². The van der Waals surface area contributed by atoms with Crippen molar-refractivity contribution >= 4 is 45.5 Å². The van der Waals surface area contributed by atoms with E-state index in [9.17, 15) is 19.6 Å². The number of aromatic nitrogens is 2. The predicted molar refractivity (Wildman–Crippen MR) is 162 cm³/mol. The van der Waals surface area contributed by atoms with Gasteiger partial charge in [0.25, 0.3) is 0 Å². The van der Waals surface area contributed by atoms with Crippen LogP contribution in [0.1, 0.15) is 43.9 Å². The number of benzene rings is 2. The summed E-state index contributed by atoms with van der Waals surface area (Å²) in [6.07, 6.45) is 5.27. The number of amides is 2. The summed E-state index contributed by atoms with van der Waals surface area (Å²) in [5.41, 5.74) is 2.99. The molecule has 6 rings (SSSR count). The van der Waals surface area contributed by atoms with E-state index in [4.69, 9.17) is 4.42 Å². The second kappa shape index (κ2) is 12.1. The van der Waals surface area contributed by atoms with Gasteiger partial charge in [0.15, 0.2) is 6.19 Å². The molecule has 43 heavy (non-hydrogen) atoms. The Balaban J connectivity index is 1.10. The Labute approximate surface area is 248 Å². The number of nitriles is 1. The minimum atomic E-state index is -0.724. The molecule has 0 spiro atoms. The minimum absolute atomic E-state index is 0.00281. The van der Waals surface area contributed by atoms with E-state index in [1.165, 1.54) is 0 Å². The number of fused-ring (bicyclic) bond motifs is 2. The number of carbonyl (C=O) groups excluding carboxylic acids is 2. The van der Waals surface area contributed by atoms with E-state index in [1.54, 1.807) is 14.4 Å². The number of rotatable bonds is 5. The van der Waals surface area contributed by atoms with Crippen molar-refractivity contribution in [3.63, 3.8) is 0 Å². The highest BCUT2D eigenvalue weighted by Crippen LogP contribution is 2.26. The third-order valence-corrected chi connectivity index (χ3v) is 8.25. The molecule has 2 aliphatic rings. The summed E-state index contributed by atoms with van der Waals surface area (Å²) in [4.78, 5) is 50.4. The third kappa shape index (κ3) is 5.97. The van der Waals surface area contributed by atoms with Crippen LogP contribution in [0.4, 0.5) is 5.69 Å². The van der Waals surface area contributed by atoms with Gasteiger partial charge in [-0.25, -0.2) is 9.79 Å². The van der Waals surface area contributed by atoms with Crippen molar-refractivity contribution in [2.75, 3.05) is 31.5 Å². The van der Waals surface area contributed by atoms with Gasteiger partial charge in [-0.3, -0.25) is 19.5 Å². The molecule has 1 unspecified atom stereocenters. The molecule has 1 atom stereocenters. The molecule has 0 radical (unpaired) electrons. The Kier molecular flexibility index (Phi) is 7.87. The third-order valence-electron chi connectivity index (χ3n) is 8.25. The summed E-state index contributed by atoms with van der Waals surface area (Å²) in [6, 6.07) is 14.4. The number of nitrogens with one attached hydrogen (secondary N) is 3. The van der Waals surface area contributed by atoms with Crippen LogP contribution in [0.25, 0.3) is 22.0 Å². The highest BCUT2D eigenvalue weighted by Gasteiger charge is 2.31. The zero-order chi connectivity index (χ0) is 29.9. The maximum atomic E-state index is 13.6. The number of carbonyl (C=O) groups is 2. The van der Waals surface area contributed by atoms with Crippen LogP contribution in [0, 0.1) is 18.4 Å². The lowest BCUT2D eigenvalue weighted by Gasteiger charge is -2.34. The molecular weight excluding hydrogens is 548 g/mol. The Morgan fingerprint density at radius 3 is 2.72 bits per heavy atom. The number of hydrogen-bond acceptors (Lipinski definition) is 6. The highest BCUT2D eigenvalue weighted by atomic mass is 16.3. The van der Waals surface area contributed by atoms with Crippen molar-refractivity contribution < 1.29 is 14.0 Å². The number of aliphatic imine (C=N–C) groups is 1. The first kappa shape index (κ1) is 28.1. The first-order valence-corrected chi connectivity index (χ1v) is 14.7. The van der Waals surface area contributed by atoms with Gasteiger partial charge in [0.05, 0.1) is 17.6 Å². The minimum Gasteiger partial charge on any atom is -0.461 e. The average Bonchev–Trinajstić information content (AvgIpc) is 3.49. The zero-order valence-corrected chi connectivity index (χ0v) is 24.0. The smallest absolute Gasteiger partial charge is 0.326 e. The lowest BCUT2D eigenvalue weighted by molar-refractivity contribution is -0.141. The number of aryl methyl sites for hydroxylation is 1. The normalized spacial score (nSPS) is 18.6. The number of para-hydroxylation sites is 2. The summed E-state index contributed by atoms with van der Waals surface area (Å²) in [6.45, 7) is 3.36. The van der Waals surface area contributed by atoms with Crippen LogP contribution in [-0.4, -0.2) is 69.3 Å². The van der Waals surface area contributed by atoms with Crippen molar-refractivity contribution in [2.24, 2.45) is 4.99 Å². The number of aromatic amines is 1. The fourth-order valence-corrected chi connectivity index (χ4v) is 6.13. The number of imidazole rings is 1. The molecule has 12 heteroatoms. The summed E-state index contributed by atoms with van der Waals surface area (Å²) in [7, 11) is 0. The first-order chi connectivity index (χ1) is 20.9. The van der Waals surface area contributed by atoms with Crippen LogP contribution >= 0.6 is 0 Å². The van der Waals surface area contributed by atoms with Crippen molar-refractivity contribution in [3.8, 4) is 6.19 Å². The molecule has 0 bridgehead atoms. The van der Waals surface area contributed by atoms with Gasteiger partial charge < -0.3 is 24.5 Å². The number of anilines is 1. The van der Waals surface area contributed by atoms with Crippen molar-refractivity contribution in [2.45, 2.75) is 51.1 Å². The van der Waals surface area contributed by atoms with Crippen LogP contribution in [-0.2, 0) is 9.59 Å². The molecule has 3 N–H and O–H groups in total. The van der Waals surface area contributed by atoms with Crippen LogP contribution in [0.5, 0.6) is 0 Å². The molecule has 4 heterocycles. The molecule has 2 amide bonds. The molecule has 2 saturated heterocycles. The summed E-state index contributed by atoms with van der Waals surface area (Å²) in [5, 5.41) is 15.9. The van der Waals surface area contributed by atoms with Gasteiger partial charge in [-0.05, 0) is 75.4 Å². The number of hydrogen-bond donors (Lipinski definition) is 3. The molecule has 2 aromatic heterocycles. The van der Waals surface area contributed by atoms with E-state index in [1.807, 2.05) is 61.6 Å². The fourth-order valence-electron chi connectivity index (χ4n) is 6.13.